The molecule has 2 N–H and O–H groups in total. The van der Waals surface area contributed by atoms with Gasteiger partial charge in [-0.25, -0.2) is 0 Å². The summed E-state index contributed by atoms with van der Waals surface area (Å²) in [6.07, 6.45) is 0.969. The second kappa shape index (κ2) is 5.21. The molecule has 0 radical (unpaired) electrons. The van der Waals surface area contributed by atoms with Crippen LogP contribution in [0.1, 0.15) is 18.1 Å². The molecule has 2 unspecified atom stereocenters. The number of aliphatic hydroxyl groups excluding tert-OH is 2. The van der Waals surface area contributed by atoms with Crippen LogP contribution in [0.3, 0.4) is 0 Å². The van der Waals surface area contributed by atoms with Crippen LogP contribution in [-0.4, -0.2) is 26.2 Å². The van der Waals surface area contributed by atoms with Gasteiger partial charge in [-0.3, -0.25) is 0 Å². The van der Waals surface area contributed by atoms with Crippen molar-refractivity contribution < 1.29 is 10.2 Å². The summed E-state index contributed by atoms with van der Waals surface area (Å²) in [5, 5.41) is 21.5. The predicted octanol–water partition coefficient (Wildman–Crippen LogP) is 2.36. The Bertz CT molecular complexity index is 509. The number of halogens is 1. The van der Waals surface area contributed by atoms with E-state index in [-0.39, 0.29) is 0 Å². The van der Waals surface area contributed by atoms with Gasteiger partial charge in [-0.15, -0.1) is 0 Å². The summed E-state index contributed by atoms with van der Waals surface area (Å²) < 4.78 is 2.03. The number of nitrogens with zero attached hydrogens (tertiary/aromatic N) is 1. The second-order valence-corrected chi connectivity index (χ2v) is 5.03. The Hall–Kier alpha value is -0.840. The lowest BCUT2D eigenvalue weighted by Crippen LogP contribution is -2.18. The maximum absolute atomic E-state index is 10.0. The topological polar surface area (TPSA) is 45.4 Å². The number of hydrogen-bond acceptors (Lipinski definition) is 2. The molecule has 1 aromatic carbocycles. The van der Waals surface area contributed by atoms with Gasteiger partial charge >= 0.3 is 0 Å². The number of aliphatic hydroxyl groups is 2. The Morgan fingerprint density at radius 2 is 2.06 bits per heavy atom. The third kappa shape index (κ3) is 2.54. The van der Waals surface area contributed by atoms with Crippen molar-refractivity contribution in [2.24, 2.45) is 7.05 Å². The van der Waals surface area contributed by atoms with Crippen molar-refractivity contribution in [3.63, 3.8) is 0 Å². The van der Waals surface area contributed by atoms with E-state index in [9.17, 15) is 10.2 Å². The van der Waals surface area contributed by atoms with E-state index in [0.717, 1.165) is 16.5 Å². The number of fused-ring (bicyclic) bond motifs is 1. The number of benzene rings is 1. The summed E-state index contributed by atoms with van der Waals surface area (Å²) in [5.74, 6) is 0. The van der Waals surface area contributed by atoms with Crippen LogP contribution in [0.25, 0.3) is 10.9 Å². The predicted molar refractivity (Wildman–Crippen MR) is 72.3 cm³/mol. The summed E-state index contributed by atoms with van der Waals surface area (Å²) in [7, 11) is 1.98. The van der Waals surface area contributed by atoms with Crippen LogP contribution in [0.4, 0.5) is 0 Å². The van der Waals surface area contributed by atoms with Crippen molar-refractivity contribution >= 4 is 26.8 Å². The van der Waals surface area contributed by atoms with Crippen LogP contribution in [0.2, 0.25) is 0 Å². The summed E-state index contributed by atoms with van der Waals surface area (Å²) in [6, 6.07) is 7.76. The fourth-order valence-electron chi connectivity index (χ4n) is 1.98. The Labute approximate surface area is 109 Å². The van der Waals surface area contributed by atoms with Gasteiger partial charge in [0.25, 0.3) is 0 Å². The lowest BCUT2D eigenvalue weighted by Gasteiger charge is -2.17. The standard InChI is InChI=1S/C13H16BrNO2/c1-15-7-5-9-8-10(2-3-11(9)15)13(17)12(16)4-6-14/h2-3,5,7-8,12-13,16-17H,4,6H2,1H3. The molecule has 0 aliphatic rings. The van der Waals surface area contributed by atoms with Crippen LogP contribution in [-0.2, 0) is 7.05 Å². The van der Waals surface area contributed by atoms with Crippen molar-refractivity contribution in [2.75, 3.05) is 5.33 Å². The minimum atomic E-state index is -0.822. The normalized spacial score (nSPS) is 15.1. The first-order valence-corrected chi connectivity index (χ1v) is 6.72. The zero-order valence-corrected chi connectivity index (χ0v) is 11.3. The van der Waals surface area contributed by atoms with Crippen molar-refractivity contribution in [1.82, 2.24) is 4.57 Å². The average molecular weight is 298 g/mol. The minimum Gasteiger partial charge on any atom is -0.390 e. The monoisotopic (exact) mass is 297 g/mol. The first-order chi connectivity index (χ1) is 8.13. The van der Waals surface area contributed by atoms with E-state index < -0.39 is 12.2 Å². The fourth-order valence-corrected chi connectivity index (χ4v) is 2.44. The van der Waals surface area contributed by atoms with Crippen LogP contribution in [0, 0.1) is 0 Å². The highest BCUT2D eigenvalue weighted by molar-refractivity contribution is 9.09. The quantitative estimate of drug-likeness (QED) is 0.851. The molecule has 92 valence electrons. The van der Waals surface area contributed by atoms with Gasteiger partial charge in [0.2, 0.25) is 0 Å². The number of hydrogen-bond donors (Lipinski definition) is 2. The third-order valence-corrected chi connectivity index (χ3v) is 3.48. The summed E-state index contributed by atoms with van der Waals surface area (Å²) >= 11 is 3.26. The highest BCUT2D eigenvalue weighted by atomic mass is 79.9. The van der Waals surface area contributed by atoms with Crippen molar-refractivity contribution in [1.29, 1.82) is 0 Å². The Kier molecular flexibility index (Phi) is 3.86. The number of aromatic nitrogens is 1. The molecule has 0 aliphatic carbocycles. The molecular weight excluding hydrogens is 282 g/mol. The van der Waals surface area contributed by atoms with E-state index in [1.807, 2.05) is 42.1 Å². The van der Waals surface area contributed by atoms with Crippen molar-refractivity contribution in [3.05, 3.63) is 36.0 Å². The zero-order valence-electron chi connectivity index (χ0n) is 9.68. The molecule has 2 aromatic rings. The molecular formula is C13H16BrNO2. The van der Waals surface area contributed by atoms with E-state index >= 15 is 0 Å². The molecule has 2 rings (SSSR count). The van der Waals surface area contributed by atoms with E-state index in [4.69, 9.17) is 0 Å². The van der Waals surface area contributed by atoms with E-state index in [0.29, 0.717) is 11.8 Å². The Morgan fingerprint density at radius 1 is 1.29 bits per heavy atom. The highest BCUT2D eigenvalue weighted by Gasteiger charge is 2.18. The van der Waals surface area contributed by atoms with Gasteiger partial charge < -0.3 is 14.8 Å². The van der Waals surface area contributed by atoms with E-state index in [1.54, 1.807) is 0 Å². The molecule has 1 heterocycles. The van der Waals surface area contributed by atoms with Crippen LogP contribution < -0.4 is 0 Å². The maximum Gasteiger partial charge on any atom is 0.105 e. The van der Waals surface area contributed by atoms with Crippen LogP contribution in [0.5, 0.6) is 0 Å². The average Bonchev–Trinajstić information content (AvgIpc) is 2.70. The molecule has 0 spiro atoms. The van der Waals surface area contributed by atoms with E-state index in [2.05, 4.69) is 15.9 Å². The minimum absolute atomic E-state index is 0.536. The van der Waals surface area contributed by atoms with Gasteiger partial charge in [0.1, 0.15) is 6.10 Å². The second-order valence-electron chi connectivity index (χ2n) is 4.23. The molecule has 17 heavy (non-hydrogen) atoms. The van der Waals surface area contributed by atoms with Crippen LogP contribution in [0.15, 0.2) is 30.5 Å². The first-order valence-electron chi connectivity index (χ1n) is 5.60. The third-order valence-electron chi connectivity index (χ3n) is 3.02. The molecule has 0 aliphatic heterocycles. The number of alkyl halides is 1. The first kappa shape index (κ1) is 12.6. The van der Waals surface area contributed by atoms with Crippen molar-refractivity contribution in [2.45, 2.75) is 18.6 Å². The van der Waals surface area contributed by atoms with Crippen molar-refractivity contribution in [3.8, 4) is 0 Å². The van der Waals surface area contributed by atoms with Gasteiger partial charge in [0, 0.05) is 24.1 Å². The molecule has 0 fully saturated rings. The van der Waals surface area contributed by atoms with E-state index in [1.165, 1.54) is 0 Å². The highest BCUT2D eigenvalue weighted by Crippen LogP contribution is 2.24. The molecule has 4 heteroatoms. The molecule has 3 nitrogen and oxygen atoms in total. The summed E-state index contributed by atoms with van der Waals surface area (Å²) in [6.45, 7) is 0. The molecule has 2 atom stereocenters. The van der Waals surface area contributed by atoms with Gasteiger partial charge in [-0.05, 0) is 35.6 Å². The molecule has 0 bridgehead atoms. The van der Waals surface area contributed by atoms with Gasteiger partial charge in [-0.2, -0.15) is 0 Å². The van der Waals surface area contributed by atoms with Gasteiger partial charge in [0.05, 0.1) is 6.10 Å². The van der Waals surface area contributed by atoms with Gasteiger partial charge in [-0.1, -0.05) is 22.0 Å². The Balaban J connectivity index is 2.29. The lowest BCUT2D eigenvalue weighted by atomic mass is 10.0. The smallest absolute Gasteiger partial charge is 0.105 e. The Morgan fingerprint density at radius 3 is 2.76 bits per heavy atom. The zero-order chi connectivity index (χ0) is 12.4. The molecule has 0 saturated carbocycles. The summed E-state index contributed by atoms with van der Waals surface area (Å²) in [5.41, 5.74) is 1.88. The number of rotatable bonds is 4. The van der Waals surface area contributed by atoms with Gasteiger partial charge in [0.15, 0.2) is 0 Å². The molecule has 0 amide bonds. The largest absolute Gasteiger partial charge is 0.390 e. The summed E-state index contributed by atoms with van der Waals surface area (Å²) in [4.78, 5) is 0. The molecule has 0 saturated heterocycles. The van der Waals surface area contributed by atoms with Crippen LogP contribution >= 0.6 is 15.9 Å². The number of aryl methyl sites for hydroxylation is 1. The fraction of sp³-hybridized carbons (Fsp3) is 0.385. The molecule has 1 aromatic heterocycles. The maximum atomic E-state index is 10.0. The SMILES string of the molecule is Cn1ccc2cc(C(O)C(O)CCBr)ccc21. The lowest BCUT2D eigenvalue weighted by molar-refractivity contribution is 0.0174.